The highest BCUT2D eigenvalue weighted by Crippen LogP contribution is 2.40. The molecule has 1 aromatic heterocycles. The maximum absolute atomic E-state index is 12.7. The summed E-state index contributed by atoms with van der Waals surface area (Å²) in [6.07, 6.45) is 3.77. The van der Waals surface area contributed by atoms with Crippen molar-refractivity contribution in [3.8, 4) is 0 Å². The molecule has 6 nitrogen and oxygen atoms in total. The topological polar surface area (TPSA) is 79.4 Å². The molecule has 20 heavy (non-hydrogen) atoms. The number of hydrogen-bond donors (Lipinski definition) is 1. The van der Waals surface area contributed by atoms with E-state index < -0.39 is 17.4 Å². The molecule has 4 amide bonds. The van der Waals surface area contributed by atoms with Crippen LogP contribution in [0.5, 0.6) is 0 Å². The van der Waals surface area contributed by atoms with Crippen molar-refractivity contribution in [3.05, 3.63) is 16.6 Å². The van der Waals surface area contributed by atoms with Gasteiger partial charge in [-0.25, -0.2) is 9.78 Å². The van der Waals surface area contributed by atoms with Gasteiger partial charge in [0, 0.05) is 5.38 Å². The van der Waals surface area contributed by atoms with Crippen molar-refractivity contribution in [2.75, 3.05) is 0 Å². The van der Waals surface area contributed by atoms with Crippen LogP contribution in [0.2, 0.25) is 0 Å². The number of thiazole rings is 1. The quantitative estimate of drug-likeness (QED) is 0.841. The Kier molecular flexibility index (Phi) is 3.29. The number of nitrogens with zero attached hydrogens (tertiary/aromatic N) is 2. The molecule has 0 aromatic carbocycles. The van der Waals surface area contributed by atoms with Gasteiger partial charge in [0.05, 0.1) is 17.7 Å². The van der Waals surface area contributed by atoms with Crippen molar-refractivity contribution in [3.63, 3.8) is 0 Å². The minimum Gasteiger partial charge on any atom is -0.277 e. The van der Waals surface area contributed by atoms with E-state index in [2.05, 4.69) is 10.3 Å². The third kappa shape index (κ3) is 2.02. The zero-order valence-corrected chi connectivity index (χ0v) is 11.7. The molecule has 3 rings (SSSR count). The highest BCUT2D eigenvalue weighted by atomic mass is 32.1. The van der Waals surface area contributed by atoms with Gasteiger partial charge in [0.2, 0.25) is 11.8 Å². The number of barbiturate groups is 1. The summed E-state index contributed by atoms with van der Waals surface area (Å²) in [5.41, 5.74) is 1.28. The Hall–Kier alpha value is -1.76. The molecule has 2 fully saturated rings. The maximum atomic E-state index is 12.7. The summed E-state index contributed by atoms with van der Waals surface area (Å²) in [5.74, 6) is -0.791. The number of amides is 4. The first-order valence-electron chi connectivity index (χ1n) is 6.68. The van der Waals surface area contributed by atoms with Crippen LogP contribution in [0.3, 0.4) is 0 Å². The molecule has 106 valence electrons. The van der Waals surface area contributed by atoms with Gasteiger partial charge in [-0.3, -0.25) is 19.8 Å². The number of carbonyl (C=O) groups is 3. The summed E-state index contributed by atoms with van der Waals surface area (Å²) in [6.45, 7) is 0.128. The maximum Gasteiger partial charge on any atom is 0.331 e. The lowest BCUT2D eigenvalue weighted by Crippen LogP contribution is -2.64. The smallest absolute Gasteiger partial charge is 0.277 e. The van der Waals surface area contributed by atoms with Crippen LogP contribution in [0.1, 0.15) is 37.8 Å². The van der Waals surface area contributed by atoms with Crippen molar-refractivity contribution < 1.29 is 14.4 Å². The van der Waals surface area contributed by atoms with E-state index in [1.165, 1.54) is 11.3 Å². The molecule has 2 aliphatic rings. The van der Waals surface area contributed by atoms with Crippen LogP contribution >= 0.6 is 11.3 Å². The monoisotopic (exact) mass is 293 g/mol. The molecule has 0 unspecified atom stereocenters. The van der Waals surface area contributed by atoms with E-state index in [0.717, 1.165) is 24.2 Å². The molecule has 2 heterocycles. The van der Waals surface area contributed by atoms with E-state index in [0.29, 0.717) is 18.5 Å². The Morgan fingerprint density at radius 3 is 2.65 bits per heavy atom. The van der Waals surface area contributed by atoms with Crippen LogP contribution < -0.4 is 5.32 Å². The van der Waals surface area contributed by atoms with Crippen LogP contribution in [0.15, 0.2) is 10.9 Å². The molecule has 1 aliphatic heterocycles. The van der Waals surface area contributed by atoms with Gasteiger partial charge >= 0.3 is 6.03 Å². The fraction of sp³-hybridized carbons (Fsp3) is 0.538. The van der Waals surface area contributed by atoms with Crippen LogP contribution in [0.4, 0.5) is 4.79 Å². The van der Waals surface area contributed by atoms with Crippen molar-refractivity contribution in [2.24, 2.45) is 5.41 Å². The van der Waals surface area contributed by atoms with Gasteiger partial charge < -0.3 is 0 Å². The summed E-state index contributed by atoms with van der Waals surface area (Å²) in [7, 11) is 0. The van der Waals surface area contributed by atoms with Crippen molar-refractivity contribution in [1.82, 2.24) is 15.2 Å². The number of hydrogen-bond acceptors (Lipinski definition) is 5. The molecule has 1 spiro atoms. The normalized spacial score (nSPS) is 22.2. The Morgan fingerprint density at radius 2 is 2.00 bits per heavy atom. The van der Waals surface area contributed by atoms with Gasteiger partial charge in [-0.2, -0.15) is 0 Å². The second-order valence-electron chi connectivity index (χ2n) is 5.27. The van der Waals surface area contributed by atoms with Crippen molar-refractivity contribution in [1.29, 1.82) is 0 Å². The molecule has 7 heteroatoms. The van der Waals surface area contributed by atoms with Crippen LogP contribution in [-0.2, 0) is 16.1 Å². The van der Waals surface area contributed by atoms with Gasteiger partial charge in [0.1, 0.15) is 5.41 Å². The molecule has 1 N–H and O–H groups in total. The lowest BCUT2D eigenvalue weighted by molar-refractivity contribution is -0.154. The first kappa shape index (κ1) is 13.2. The molecular formula is C13H15N3O3S. The molecular weight excluding hydrogens is 278 g/mol. The number of urea groups is 1. The van der Waals surface area contributed by atoms with Gasteiger partial charge in [-0.15, -0.1) is 11.3 Å². The molecule has 0 radical (unpaired) electrons. The van der Waals surface area contributed by atoms with Crippen molar-refractivity contribution in [2.45, 2.75) is 38.6 Å². The largest absolute Gasteiger partial charge is 0.331 e. The Balaban J connectivity index is 1.88. The Labute approximate surface area is 120 Å². The zero-order chi connectivity index (χ0) is 14.2. The predicted molar refractivity (Wildman–Crippen MR) is 71.7 cm³/mol. The number of rotatable bonds is 2. The first-order valence-corrected chi connectivity index (χ1v) is 7.62. The molecule has 1 saturated carbocycles. The van der Waals surface area contributed by atoms with E-state index in [4.69, 9.17) is 0 Å². The second-order valence-corrected chi connectivity index (χ2v) is 5.99. The van der Waals surface area contributed by atoms with E-state index in [1.54, 1.807) is 10.9 Å². The summed E-state index contributed by atoms with van der Waals surface area (Å²) >= 11 is 1.41. The predicted octanol–water partition coefficient (Wildman–Crippen LogP) is 1.67. The summed E-state index contributed by atoms with van der Waals surface area (Å²) in [6, 6.07) is -0.635. The van der Waals surface area contributed by atoms with Crippen LogP contribution in [0, 0.1) is 5.41 Å². The van der Waals surface area contributed by atoms with Crippen LogP contribution in [-0.4, -0.2) is 27.7 Å². The van der Waals surface area contributed by atoms with Gasteiger partial charge in [0.15, 0.2) is 0 Å². The molecule has 1 aliphatic carbocycles. The molecule has 1 saturated heterocycles. The molecule has 1 aromatic rings. The number of aromatic nitrogens is 1. The summed E-state index contributed by atoms with van der Waals surface area (Å²) in [5, 5.41) is 4.13. The van der Waals surface area contributed by atoms with Gasteiger partial charge in [-0.1, -0.05) is 19.3 Å². The van der Waals surface area contributed by atoms with E-state index >= 15 is 0 Å². The van der Waals surface area contributed by atoms with E-state index in [-0.39, 0.29) is 12.5 Å². The lowest BCUT2D eigenvalue weighted by Gasteiger charge is -2.41. The van der Waals surface area contributed by atoms with Crippen molar-refractivity contribution >= 4 is 29.2 Å². The SMILES string of the molecule is O=C1NC(=O)C2(CCCCC2)C(=O)N1Cc1cscn1. The first-order chi connectivity index (χ1) is 9.63. The third-order valence-electron chi connectivity index (χ3n) is 4.07. The number of carbonyl (C=O) groups excluding carboxylic acids is 3. The van der Waals surface area contributed by atoms with Gasteiger partial charge in [0.25, 0.3) is 0 Å². The van der Waals surface area contributed by atoms with E-state index in [1.807, 2.05) is 0 Å². The number of nitrogens with one attached hydrogen (secondary N) is 1. The van der Waals surface area contributed by atoms with Gasteiger partial charge in [-0.05, 0) is 12.8 Å². The van der Waals surface area contributed by atoms with E-state index in [9.17, 15) is 14.4 Å². The lowest BCUT2D eigenvalue weighted by atomic mass is 9.71. The second kappa shape index (κ2) is 4.97. The highest BCUT2D eigenvalue weighted by Gasteiger charge is 2.53. The van der Waals surface area contributed by atoms with Crippen LogP contribution in [0.25, 0.3) is 0 Å². The minimum atomic E-state index is -1.04. The average molecular weight is 293 g/mol. The Bertz CT molecular complexity index is 549. The molecule has 0 atom stereocenters. The fourth-order valence-electron chi connectivity index (χ4n) is 2.95. The third-order valence-corrected chi connectivity index (χ3v) is 4.70. The standard InChI is InChI=1S/C13H15N3O3S/c17-10-13(4-2-1-3-5-13)11(18)16(12(19)15-10)6-9-7-20-8-14-9/h7-8H,1-6H2,(H,15,17,19). The number of imide groups is 2. The summed E-state index contributed by atoms with van der Waals surface area (Å²) < 4.78 is 0. The average Bonchev–Trinajstić information content (AvgIpc) is 2.96. The minimum absolute atomic E-state index is 0.128. The Morgan fingerprint density at radius 1 is 1.25 bits per heavy atom. The highest BCUT2D eigenvalue weighted by molar-refractivity contribution is 7.07. The molecule has 0 bridgehead atoms. The summed E-state index contributed by atoms with van der Waals surface area (Å²) in [4.78, 5) is 42.0. The zero-order valence-electron chi connectivity index (χ0n) is 10.9. The fourth-order valence-corrected chi connectivity index (χ4v) is 3.50.